The van der Waals surface area contributed by atoms with Crippen molar-refractivity contribution in [1.29, 1.82) is 0 Å². The third-order valence-corrected chi connectivity index (χ3v) is 2.12. The molecule has 0 aliphatic carbocycles. The summed E-state index contributed by atoms with van der Waals surface area (Å²) >= 11 is 0. The Labute approximate surface area is 100 Å². The minimum absolute atomic E-state index is 0.138. The molecule has 1 aromatic carbocycles. The van der Waals surface area contributed by atoms with Crippen LogP contribution >= 0.6 is 0 Å². The average molecular weight is 235 g/mol. The van der Waals surface area contributed by atoms with Crippen LogP contribution < -0.4 is 16.4 Å². The first-order valence-electron chi connectivity index (χ1n) is 5.48. The molecule has 0 fully saturated rings. The van der Waals surface area contributed by atoms with Gasteiger partial charge in [0.15, 0.2) is 0 Å². The molecule has 5 nitrogen and oxygen atoms in total. The molecule has 0 spiro atoms. The van der Waals surface area contributed by atoms with E-state index in [2.05, 4.69) is 10.6 Å². The molecule has 0 saturated heterocycles. The van der Waals surface area contributed by atoms with Crippen LogP contribution in [-0.2, 0) is 9.59 Å². The van der Waals surface area contributed by atoms with Gasteiger partial charge in [0.25, 0.3) is 0 Å². The fourth-order valence-corrected chi connectivity index (χ4v) is 1.21. The maximum Gasteiger partial charge on any atom is 0.236 e. The van der Waals surface area contributed by atoms with E-state index in [1.165, 1.54) is 0 Å². The lowest BCUT2D eigenvalue weighted by Crippen LogP contribution is -2.39. The summed E-state index contributed by atoms with van der Waals surface area (Å²) < 4.78 is 0. The zero-order valence-corrected chi connectivity index (χ0v) is 9.77. The highest BCUT2D eigenvalue weighted by atomic mass is 16.2. The quantitative estimate of drug-likeness (QED) is 0.694. The summed E-state index contributed by atoms with van der Waals surface area (Å²) in [5.74, 6) is -0.390. The lowest BCUT2D eigenvalue weighted by molar-refractivity contribution is -0.122. The third kappa shape index (κ3) is 5.12. The molecule has 1 aromatic rings. The van der Waals surface area contributed by atoms with Crippen molar-refractivity contribution >= 4 is 17.5 Å². The van der Waals surface area contributed by atoms with Crippen LogP contribution in [0.15, 0.2) is 30.3 Å². The fraction of sp³-hybridized carbons (Fsp3) is 0.333. The van der Waals surface area contributed by atoms with Crippen molar-refractivity contribution in [1.82, 2.24) is 5.32 Å². The van der Waals surface area contributed by atoms with Gasteiger partial charge in [0.05, 0.1) is 6.04 Å². The molecule has 1 atom stereocenters. The molecule has 4 N–H and O–H groups in total. The summed E-state index contributed by atoms with van der Waals surface area (Å²) in [5, 5.41) is 5.30. The summed E-state index contributed by atoms with van der Waals surface area (Å²) in [7, 11) is 0. The summed E-state index contributed by atoms with van der Waals surface area (Å²) in [6.07, 6.45) is 0.230. The molecule has 5 heteroatoms. The molecule has 0 aliphatic heterocycles. The topological polar surface area (TPSA) is 84.2 Å². The summed E-state index contributed by atoms with van der Waals surface area (Å²) in [6, 6.07) is 8.61. The molecule has 0 bridgehead atoms. The SMILES string of the molecule is C[C@H](N)C(=O)NCCC(=O)Nc1ccccc1. The first-order chi connectivity index (χ1) is 8.09. The minimum atomic E-state index is -0.549. The molecule has 92 valence electrons. The van der Waals surface area contributed by atoms with Crippen LogP contribution in [0.5, 0.6) is 0 Å². The number of nitrogens with two attached hydrogens (primary N) is 1. The maximum absolute atomic E-state index is 11.5. The van der Waals surface area contributed by atoms with Crippen molar-refractivity contribution < 1.29 is 9.59 Å². The van der Waals surface area contributed by atoms with Crippen LogP contribution in [-0.4, -0.2) is 24.4 Å². The van der Waals surface area contributed by atoms with Gasteiger partial charge in [-0.1, -0.05) is 18.2 Å². The van der Waals surface area contributed by atoms with Gasteiger partial charge in [-0.25, -0.2) is 0 Å². The van der Waals surface area contributed by atoms with Crippen LogP contribution in [0.25, 0.3) is 0 Å². The van der Waals surface area contributed by atoms with Gasteiger partial charge in [0.2, 0.25) is 11.8 Å². The van der Waals surface area contributed by atoms with E-state index in [1.54, 1.807) is 19.1 Å². The van der Waals surface area contributed by atoms with Crippen LogP contribution in [0, 0.1) is 0 Å². The summed E-state index contributed by atoms with van der Waals surface area (Å²) in [4.78, 5) is 22.6. The first kappa shape index (κ1) is 13.2. The number of carbonyl (C=O) groups excluding carboxylic acids is 2. The van der Waals surface area contributed by atoms with E-state index in [-0.39, 0.29) is 18.2 Å². The highest BCUT2D eigenvalue weighted by Crippen LogP contribution is 2.04. The Kier molecular flexibility index (Phi) is 5.16. The smallest absolute Gasteiger partial charge is 0.236 e. The maximum atomic E-state index is 11.5. The van der Waals surface area contributed by atoms with Crippen LogP contribution in [0.2, 0.25) is 0 Å². The molecule has 1 rings (SSSR count). The minimum Gasteiger partial charge on any atom is -0.354 e. The molecule has 17 heavy (non-hydrogen) atoms. The monoisotopic (exact) mass is 235 g/mol. The Bertz CT molecular complexity index is 377. The van der Waals surface area contributed by atoms with E-state index in [9.17, 15) is 9.59 Å². The number of benzene rings is 1. The van der Waals surface area contributed by atoms with Gasteiger partial charge >= 0.3 is 0 Å². The molecule has 0 heterocycles. The molecule has 0 aromatic heterocycles. The van der Waals surface area contributed by atoms with Gasteiger partial charge in [0.1, 0.15) is 0 Å². The largest absolute Gasteiger partial charge is 0.354 e. The third-order valence-electron chi connectivity index (χ3n) is 2.12. The number of hydrogen-bond acceptors (Lipinski definition) is 3. The van der Waals surface area contributed by atoms with E-state index < -0.39 is 6.04 Å². The zero-order chi connectivity index (χ0) is 12.7. The summed E-state index contributed by atoms with van der Waals surface area (Å²) in [6.45, 7) is 1.89. The fourth-order valence-electron chi connectivity index (χ4n) is 1.21. The number of nitrogens with one attached hydrogen (secondary N) is 2. The Morgan fingerprint density at radius 2 is 1.94 bits per heavy atom. The van der Waals surface area contributed by atoms with Gasteiger partial charge in [0, 0.05) is 18.7 Å². The van der Waals surface area contributed by atoms with Crippen LogP contribution in [0.4, 0.5) is 5.69 Å². The molecule has 0 saturated carbocycles. The Morgan fingerprint density at radius 1 is 1.29 bits per heavy atom. The van der Waals surface area contributed by atoms with E-state index in [1.807, 2.05) is 18.2 Å². The van der Waals surface area contributed by atoms with Crippen molar-refractivity contribution in [3.63, 3.8) is 0 Å². The van der Waals surface area contributed by atoms with Crippen LogP contribution in [0.1, 0.15) is 13.3 Å². The van der Waals surface area contributed by atoms with E-state index in [4.69, 9.17) is 5.73 Å². The molecule has 2 amide bonds. The second-order valence-electron chi connectivity index (χ2n) is 3.74. The standard InChI is InChI=1S/C12H17N3O2/c1-9(13)12(17)14-8-7-11(16)15-10-5-3-2-4-6-10/h2-6,9H,7-8,13H2,1H3,(H,14,17)(H,15,16)/t9-/m0/s1. The molecular formula is C12H17N3O2. The van der Waals surface area contributed by atoms with Gasteiger partial charge in [-0.15, -0.1) is 0 Å². The van der Waals surface area contributed by atoms with Crippen molar-refractivity contribution in [2.24, 2.45) is 5.73 Å². The number of para-hydroxylation sites is 1. The number of anilines is 1. The van der Waals surface area contributed by atoms with E-state index >= 15 is 0 Å². The average Bonchev–Trinajstić information content (AvgIpc) is 2.30. The number of rotatable bonds is 5. The van der Waals surface area contributed by atoms with E-state index in [0.29, 0.717) is 6.54 Å². The molecule has 0 unspecified atom stereocenters. The predicted octanol–water partition coefficient (Wildman–Crippen LogP) is 0.479. The normalized spacial score (nSPS) is 11.6. The molecule has 0 aliphatic rings. The van der Waals surface area contributed by atoms with Gasteiger partial charge in [-0.05, 0) is 19.1 Å². The predicted molar refractivity (Wildman–Crippen MR) is 66.3 cm³/mol. The van der Waals surface area contributed by atoms with Gasteiger partial charge < -0.3 is 16.4 Å². The number of amides is 2. The van der Waals surface area contributed by atoms with Gasteiger partial charge in [-0.3, -0.25) is 9.59 Å². The van der Waals surface area contributed by atoms with Crippen molar-refractivity contribution in [2.45, 2.75) is 19.4 Å². The van der Waals surface area contributed by atoms with Crippen molar-refractivity contribution in [3.8, 4) is 0 Å². The Hall–Kier alpha value is -1.88. The van der Waals surface area contributed by atoms with Gasteiger partial charge in [-0.2, -0.15) is 0 Å². The zero-order valence-electron chi connectivity index (χ0n) is 9.77. The Morgan fingerprint density at radius 3 is 2.53 bits per heavy atom. The lowest BCUT2D eigenvalue weighted by atomic mass is 10.3. The highest BCUT2D eigenvalue weighted by molar-refractivity contribution is 5.91. The van der Waals surface area contributed by atoms with Crippen molar-refractivity contribution in [2.75, 3.05) is 11.9 Å². The van der Waals surface area contributed by atoms with E-state index in [0.717, 1.165) is 5.69 Å². The van der Waals surface area contributed by atoms with Crippen LogP contribution in [0.3, 0.4) is 0 Å². The Balaban J connectivity index is 2.25. The second kappa shape index (κ2) is 6.65. The number of hydrogen-bond donors (Lipinski definition) is 3. The molecular weight excluding hydrogens is 218 g/mol. The second-order valence-corrected chi connectivity index (χ2v) is 3.74. The summed E-state index contributed by atoms with van der Waals surface area (Å²) in [5.41, 5.74) is 6.11. The lowest BCUT2D eigenvalue weighted by Gasteiger charge is -2.08. The first-order valence-corrected chi connectivity index (χ1v) is 5.48. The molecule has 0 radical (unpaired) electrons. The highest BCUT2D eigenvalue weighted by Gasteiger charge is 2.07. The number of carbonyl (C=O) groups is 2. The van der Waals surface area contributed by atoms with Crippen molar-refractivity contribution in [3.05, 3.63) is 30.3 Å².